The van der Waals surface area contributed by atoms with Gasteiger partial charge in [-0.15, -0.1) is 0 Å². The van der Waals surface area contributed by atoms with Gasteiger partial charge in [-0.2, -0.15) is 0 Å². The average molecular weight is 494 g/mol. The van der Waals surface area contributed by atoms with Crippen molar-refractivity contribution in [2.45, 2.75) is 84.3 Å². The molecular formula is C29H39N3O4. The summed E-state index contributed by atoms with van der Waals surface area (Å²) in [6, 6.07) is 3.75. The van der Waals surface area contributed by atoms with E-state index in [0.29, 0.717) is 30.7 Å². The first-order chi connectivity index (χ1) is 17.2. The molecule has 7 nitrogen and oxygen atoms in total. The number of aromatic nitrogens is 1. The Labute approximate surface area is 213 Å². The van der Waals surface area contributed by atoms with Crippen LogP contribution in [-0.4, -0.2) is 39.7 Å². The summed E-state index contributed by atoms with van der Waals surface area (Å²) in [5, 5.41) is 18.5. The predicted molar refractivity (Wildman–Crippen MR) is 137 cm³/mol. The summed E-state index contributed by atoms with van der Waals surface area (Å²) in [7, 11) is 0. The van der Waals surface area contributed by atoms with E-state index in [1.165, 1.54) is 5.57 Å². The van der Waals surface area contributed by atoms with Gasteiger partial charge in [-0.25, -0.2) is 0 Å². The molecule has 1 amide bonds. The van der Waals surface area contributed by atoms with Crippen molar-refractivity contribution in [1.29, 1.82) is 0 Å². The van der Waals surface area contributed by atoms with Crippen LogP contribution in [0.4, 0.5) is 0 Å². The van der Waals surface area contributed by atoms with Gasteiger partial charge < -0.3 is 15.3 Å². The summed E-state index contributed by atoms with van der Waals surface area (Å²) in [4.78, 5) is 34.0. The van der Waals surface area contributed by atoms with Crippen LogP contribution in [0.1, 0.15) is 77.7 Å². The Kier molecular flexibility index (Phi) is 6.56. The molecule has 6 atom stereocenters. The molecule has 36 heavy (non-hydrogen) atoms. The van der Waals surface area contributed by atoms with Crippen molar-refractivity contribution < 1.29 is 19.5 Å². The lowest BCUT2D eigenvalue weighted by molar-refractivity contribution is -0.159. The molecule has 4 aliphatic carbocycles. The maximum Gasteiger partial charge on any atom is 0.261 e. The minimum Gasteiger partial charge on any atom is -0.385 e. The van der Waals surface area contributed by atoms with Crippen LogP contribution < -0.4 is 5.32 Å². The van der Waals surface area contributed by atoms with Gasteiger partial charge in [0.25, 0.3) is 5.91 Å². The molecule has 3 fully saturated rings. The van der Waals surface area contributed by atoms with Crippen molar-refractivity contribution in [3.63, 3.8) is 0 Å². The van der Waals surface area contributed by atoms with E-state index in [-0.39, 0.29) is 29.1 Å². The van der Waals surface area contributed by atoms with Crippen LogP contribution in [0.2, 0.25) is 0 Å². The summed E-state index contributed by atoms with van der Waals surface area (Å²) >= 11 is 0. The smallest absolute Gasteiger partial charge is 0.261 e. The first kappa shape index (κ1) is 25.1. The third-order valence-corrected chi connectivity index (χ3v) is 10.3. The van der Waals surface area contributed by atoms with Gasteiger partial charge in [0, 0.05) is 24.4 Å². The third kappa shape index (κ3) is 4.09. The van der Waals surface area contributed by atoms with Gasteiger partial charge in [-0.1, -0.05) is 30.6 Å². The van der Waals surface area contributed by atoms with E-state index in [0.717, 1.165) is 56.2 Å². The number of nitrogens with zero attached hydrogens (tertiary/aromatic N) is 2. The Bertz CT molecular complexity index is 1090. The summed E-state index contributed by atoms with van der Waals surface area (Å²) in [6.45, 7) is 6.46. The van der Waals surface area contributed by atoms with Crippen LogP contribution in [0, 0.1) is 28.6 Å². The highest BCUT2D eigenvalue weighted by Gasteiger charge is 2.65. The first-order valence-corrected chi connectivity index (χ1v) is 13.5. The lowest BCUT2D eigenvalue weighted by Gasteiger charge is -2.59. The van der Waals surface area contributed by atoms with Gasteiger partial charge >= 0.3 is 0 Å². The van der Waals surface area contributed by atoms with Crippen molar-refractivity contribution in [3.05, 3.63) is 41.7 Å². The standard InChI is InChI=1S/C29H39N3O4/c1-19(33)29(35)13-10-25-23-7-6-21-15-22(8-11-27(21,2)24(23)9-12-28(25,29)3)32-36-18-26(34)31-17-20-5-4-14-30-16-20/h4-5,14-16,23-25,35H,6-13,17-18H2,1-3H3,(H,31,34)/t23-,24-,25-,27+,28+,29-/m1/s1. The van der Waals surface area contributed by atoms with Gasteiger partial charge in [0.1, 0.15) is 5.60 Å². The molecule has 2 N–H and O–H groups in total. The quantitative estimate of drug-likeness (QED) is 0.574. The van der Waals surface area contributed by atoms with Gasteiger partial charge in [0.05, 0.1) is 5.71 Å². The molecule has 1 aromatic heterocycles. The van der Waals surface area contributed by atoms with Gasteiger partial charge in [-0.3, -0.25) is 14.6 Å². The largest absolute Gasteiger partial charge is 0.385 e. The zero-order valence-electron chi connectivity index (χ0n) is 21.8. The van der Waals surface area contributed by atoms with Crippen molar-refractivity contribution >= 4 is 17.4 Å². The van der Waals surface area contributed by atoms with E-state index in [1.54, 1.807) is 19.3 Å². The van der Waals surface area contributed by atoms with Crippen LogP contribution in [0.25, 0.3) is 0 Å². The summed E-state index contributed by atoms with van der Waals surface area (Å²) in [6.07, 6.45) is 13.1. The predicted octanol–water partition coefficient (Wildman–Crippen LogP) is 4.35. The van der Waals surface area contributed by atoms with Gasteiger partial charge in [0.2, 0.25) is 0 Å². The molecule has 1 aromatic rings. The molecule has 5 rings (SSSR count). The Morgan fingerprint density at radius 1 is 1.17 bits per heavy atom. The molecular weight excluding hydrogens is 454 g/mol. The fourth-order valence-corrected chi connectivity index (χ4v) is 8.17. The van der Waals surface area contributed by atoms with E-state index < -0.39 is 5.60 Å². The fourth-order valence-electron chi connectivity index (χ4n) is 8.17. The number of hydrogen-bond acceptors (Lipinski definition) is 6. The van der Waals surface area contributed by atoms with E-state index in [1.807, 2.05) is 12.1 Å². The molecule has 0 unspecified atom stereocenters. The number of ketones is 1. The molecule has 0 radical (unpaired) electrons. The highest BCUT2D eigenvalue weighted by Crippen LogP contribution is 2.67. The SMILES string of the molecule is CC(=O)[C@]1(O)CC[C@@H]2[C@@H]3CCC4=CC(=NOCC(=O)NCc5cccnc5)CC[C@]4(C)[C@@H]3CC[C@@]21C. The van der Waals surface area contributed by atoms with E-state index >= 15 is 0 Å². The highest BCUT2D eigenvalue weighted by molar-refractivity contribution is 5.96. The Balaban J connectivity index is 1.22. The van der Waals surface area contributed by atoms with Crippen molar-refractivity contribution in [3.8, 4) is 0 Å². The molecule has 0 spiro atoms. The van der Waals surface area contributed by atoms with Gasteiger partial charge in [0.15, 0.2) is 12.4 Å². The maximum absolute atomic E-state index is 12.4. The number of rotatable bonds is 6. The number of hydrogen-bond donors (Lipinski definition) is 2. The Hall–Kier alpha value is -2.54. The second-order valence-corrected chi connectivity index (χ2v) is 11.9. The zero-order chi connectivity index (χ0) is 25.6. The third-order valence-electron chi connectivity index (χ3n) is 10.3. The number of carbonyl (C=O) groups is 2. The van der Waals surface area contributed by atoms with Crippen LogP contribution in [0.5, 0.6) is 0 Å². The lowest BCUT2D eigenvalue weighted by Crippen LogP contribution is -2.57. The number of Topliss-reactive ketones (excluding diaryl/α,β-unsaturated/α-hetero) is 1. The van der Waals surface area contributed by atoms with E-state index in [4.69, 9.17) is 4.84 Å². The molecule has 0 saturated heterocycles. The highest BCUT2D eigenvalue weighted by atomic mass is 16.6. The first-order valence-electron chi connectivity index (χ1n) is 13.5. The molecule has 0 aliphatic heterocycles. The van der Waals surface area contributed by atoms with Crippen LogP contribution in [0.3, 0.4) is 0 Å². The van der Waals surface area contributed by atoms with Crippen LogP contribution in [-0.2, 0) is 21.0 Å². The molecule has 4 aliphatic rings. The summed E-state index contributed by atoms with van der Waals surface area (Å²) in [5.74, 6) is 1.28. The number of fused-ring (bicyclic) bond motifs is 5. The molecule has 7 heteroatoms. The number of carbonyl (C=O) groups excluding carboxylic acids is 2. The fraction of sp³-hybridized carbons (Fsp3) is 0.655. The van der Waals surface area contributed by atoms with E-state index in [2.05, 4.69) is 35.4 Å². The minimum absolute atomic E-state index is 0.0576. The normalized spacial score (nSPS) is 38.4. The topological polar surface area (TPSA) is 101 Å². The summed E-state index contributed by atoms with van der Waals surface area (Å²) < 4.78 is 0. The van der Waals surface area contributed by atoms with Gasteiger partial charge in [-0.05, 0) is 99.2 Å². The van der Waals surface area contributed by atoms with Crippen molar-refractivity contribution in [1.82, 2.24) is 10.3 Å². The number of nitrogens with one attached hydrogen (secondary N) is 1. The number of amides is 1. The Morgan fingerprint density at radius 3 is 2.72 bits per heavy atom. The molecule has 1 heterocycles. The number of allylic oxidation sites excluding steroid dienone is 2. The molecule has 0 bridgehead atoms. The zero-order valence-corrected chi connectivity index (χ0v) is 21.8. The van der Waals surface area contributed by atoms with Crippen LogP contribution >= 0.6 is 0 Å². The second kappa shape index (κ2) is 9.40. The molecule has 3 saturated carbocycles. The molecule has 0 aromatic carbocycles. The number of aliphatic hydroxyl groups is 1. The van der Waals surface area contributed by atoms with E-state index in [9.17, 15) is 14.7 Å². The minimum atomic E-state index is -1.16. The number of pyridine rings is 1. The average Bonchev–Trinajstić information content (AvgIpc) is 3.15. The van der Waals surface area contributed by atoms with Crippen molar-refractivity contribution in [2.24, 2.45) is 33.7 Å². The summed E-state index contributed by atoms with van der Waals surface area (Å²) in [5.41, 5.74) is 1.96. The van der Waals surface area contributed by atoms with Crippen molar-refractivity contribution in [2.75, 3.05) is 6.61 Å². The lowest BCUT2D eigenvalue weighted by atomic mass is 9.46. The molecule has 194 valence electrons. The number of oxime groups is 1. The monoisotopic (exact) mass is 493 g/mol. The van der Waals surface area contributed by atoms with Crippen LogP contribution in [0.15, 0.2) is 41.3 Å². The second-order valence-electron chi connectivity index (χ2n) is 11.9. The Morgan fingerprint density at radius 2 is 1.97 bits per heavy atom. The maximum atomic E-state index is 12.4.